The SMILES string of the molecule is Cc1cnc(Nc2ccc(N3CCCC3)cc2OC(F)F)nc1Nc1sccc1C(N)=O. The van der Waals surface area contributed by atoms with Gasteiger partial charge in [0.2, 0.25) is 5.95 Å². The van der Waals surface area contributed by atoms with Crippen LogP contribution in [0.3, 0.4) is 0 Å². The summed E-state index contributed by atoms with van der Waals surface area (Å²) in [6, 6.07) is 6.75. The number of aryl methyl sites for hydroxylation is 1. The molecule has 32 heavy (non-hydrogen) atoms. The second kappa shape index (κ2) is 9.35. The number of benzene rings is 1. The van der Waals surface area contributed by atoms with E-state index in [4.69, 9.17) is 10.5 Å². The Balaban J connectivity index is 1.60. The molecule has 1 saturated heterocycles. The van der Waals surface area contributed by atoms with E-state index in [1.54, 1.807) is 36.7 Å². The summed E-state index contributed by atoms with van der Waals surface area (Å²) in [5.74, 6) is 0.101. The Morgan fingerprint density at radius 3 is 2.75 bits per heavy atom. The molecule has 0 saturated carbocycles. The molecule has 3 heterocycles. The molecule has 2 aromatic heterocycles. The van der Waals surface area contributed by atoms with Gasteiger partial charge in [0.15, 0.2) is 5.75 Å². The summed E-state index contributed by atoms with van der Waals surface area (Å²) >= 11 is 1.31. The maximum absolute atomic E-state index is 13.0. The molecule has 1 aliphatic heterocycles. The van der Waals surface area contributed by atoms with E-state index in [2.05, 4.69) is 25.5 Å². The molecular formula is C21H22F2N6O2S. The van der Waals surface area contributed by atoms with Crippen LogP contribution in [-0.4, -0.2) is 35.6 Å². The van der Waals surface area contributed by atoms with Crippen LogP contribution in [0.15, 0.2) is 35.8 Å². The quantitative estimate of drug-likeness (QED) is 0.450. The van der Waals surface area contributed by atoms with Crippen LogP contribution in [0.4, 0.5) is 36.9 Å². The predicted octanol–water partition coefficient (Wildman–Crippen LogP) is 4.63. The van der Waals surface area contributed by atoms with Crippen LogP contribution in [0.5, 0.6) is 5.75 Å². The highest BCUT2D eigenvalue weighted by Gasteiger charge is 2.18. The number of primary amides is 1. The summed E-state index contributed by atoms with van der Waals surface area (Å²) in [5.41, 5.74) is 7.63. The highest BCUT2D eigenvalue weighted by Crippen LogP contribution is 2.34. The maximum Gasteiger partial charge on any atom is 0.387 e. The molecule has 1 aliphatic rings. The number of carbonyl (C=O) groups excluding carboxylic acids is 1. The Bertz CT molecular complexity index is 1120. The van der Waals surface area contributed by atoms with Gasteiger partial charge in [-0.2, -0.15) is 13.8 Å². The van der Waals surface area contributed by atoms with Crippen molar-refractivity contribution in [3.8, 4) is 5.75 Å². The first-order chi connectivity index (χ1) is 15.4. The summed E-state index contributed by atoms with van der Waals surface area (Å²) in [7, 11) is 0. The van der Waals surface area contributed by atoms with Crippen LogP contribution in [0, 0.1) is 6.92 Å². The summed E-state index contributed by atoms with van der Waals surface area (Å²) < 4.78 is 30.8. The van der Waals surface area contributed by atoms with E-state index < -0.39 is 12.5 Å². The van der Waals surface area contributed by atoms with E-state index in [0.717, 1.165) is 37.2 Å². The first-order valence-corrected chi connectivity index (χ1v) is 10.9. The van der Waals surface area contributed by atoms with Gasteiger partial charge in [-0.15, -0.1) is 11.3 Å². The topological polar surface area (TPSA) is 105 Å². The number of anilines is 5. The van der Waals surface area contributed by atoms with Crippen molar-refractivity contribution in [2.24, 2.45) is 5.73 Å². The van der Waals surface area contributed by atoms with Crippen molar-refractivity contribution in [2.75, 3.05) is 28.6 Å². The van der Waals surface area contributed by atoms with Crippen molar-refractivity contribution >= 4 is 45.4 Å². The molecule has 0 radical (unpaired) electrons. The summed E-state index contributed by atoms with van der Waals surface area (Å²) in [4.78, 5) is 22.4. The number of carbonyl (C=O) groups is 1. The van der Waals surface area contributed by atoms with Crippen molar-refractivity contribution in [3.63, 3.8) is 0 Å². The lowest BCUT2D eigenvalue weighted by molar-refractivity contribution is -0.0493. The van der Waals surface area contributed by atoms with Crippen molar-refractivity contribution < 1.29 is 18.3 Å². The van der Waals surface area contributed by atoms with Crippen LogP contribution in [-0.2, 0) is 0 Å². The molecule has 1 fully saturated rings. The number of halogens is 2. The molecule has 0 aliphatic carbocycles. The molecule has 8 nitrogen and oxygen atoms in total. The molecule has 0 spiro atoms. The Hall–Kier alpha value is -3.47. The average Bonchev–Trinajstić information content (AvgIpc) is 3.43. The molecule has 1 amide bonds. The summed E-state index contributed by atoms with van der Waals surface area (Å²) in [6.45, 7) is 0.603. The second-order valence-corrected chi connectivity index (χ2v) is 8.17. The number of alkyl halides is 2. The van der Waals surface area contributed by atoms with Crippen LogP contribution >= 0.6 is 11.3 Å². The van der Waals surface area contributed by atoms with Gasteiger partial charge in [0.25, 0.3) is 5.91 Å². The number of aromatic nitrogens is 2. The highest BCUT2D eigenvalue weighted by atomic mass is 32.1. The van der Waals surface area contributed by atoms with Crippen molar-refractivity contribution in [3.05, 3.63) is 47.0 Å². The first-order valence-electron chi connectivity index (χ1n) is 9.99. The zero-order valence-electron chi connectivity index (χ0n) is 17.3. The molecular weight excluding hydrogens is 438 g/mol. The number of thiophene rings is 1. The predicted molar refractivity (Wildman–Crippen MR) is 121 cm³/mol. The highest BCUT2D eigenvalue weighted by molar-refractivity contribution is 7.14. The number of rotatable bonds is 8. The van der Waals surface area contributed by atoms with Gasteiger partial charge in [-0.25, -0.2) is 4.98 Å². The lowest BCUT2D eigenvalue weighted by Gasteiger charge is -2.20. The summed E-state index contributed by atoms with van der Waals surface area (Å²) in [5, 5.41) is 8.34. The van der Waals surface area contributed by atoms with Gasteiger partial charge in [-0.1, -0.05) is 0 Å². The number of nitrogens with zero attached hydrogens (tertiary/aromatic N) is 3. The van der Waals surface area contributed by atoms with Crippen LogP contribution in [0.1, 0.15) is 28.8 Å². The third-order valence-electron chi connectivity index (χ3n) is 5.03. The lowest BCUT2D eigenvalue weighted by atomic mass is 10.2. The third-order valence-corrected chi connectivity index (χ3v) is 5.86. The van der Waals surface area contributed by atoms with Crippen molar-refractivity contribution in [1.29, 1.82) is 0 Å². The number of hydrogen-bond acceptors (Lipinski definition) is 8. The minimum absolute atomic E-state index is 0.0114. The molecule has 168 valence electrons. The fourth-order valence-electron chi connectivity index (χ4n) is 3.44. The van der Waals surface area contributed by atoms with Gasteiger partial charge < -0.3 is 26.0 Å². The van der Waals surface area contributed by atoms with Gasteiger partial charge in [0.05, 0.1) is 11.3 Å². The summed E-state index contributed by atoms with van der Waals surface area (Å²) in [6.07, 6.45) is 3.72. The van der Waals surface area contributed by atoms with E-state index in [9.17, 15) is 13.6 Å². The van der Waals surface area contributed by atoms with E-state index in [1.165, 1.54) is 11.3 Å². The number of nitrogens with two attached hydrogens (primary N) is 1. The van der Waals surface area contributed by atoms with Gasteiger partial charge in [-0.3, -0.25) is 4.79 Å². The molecule has 0 bridgehead atoms. The van der Waals surface area contributed by atoms with E-state index in [0.29, 0.717) is 22.1 Å². The Kier molecular flexibility index (Phi) is 6.35. The minimum Gasteiger partial charge on any atom is -0.433 e. The monoisotopic (exact) mass is 460 g/mol. The van der Waals surface area contributed by atoms with Crippen LogP contribution < -0.4 is 26.0 Å². The van der Waals surface area contributed by atoms with Crippen molar-refractivity contribution in [1.82, 2.24) is 9.97 Å². The minimum atomic E-state index is -2.97. The first kappa shape index (κ1) is 21.8. The lowest BCUT2D eigenvalue weighted by Crippen LogP contribution is -2.18. The second-order valence-electron chi connectivity index (χ2n) is 7.26. The van der Waals surface area contributed by atoms with Gasteiger partial charge >= 0.3 is 6.61 Å². The number of amides is 1. The van der Waals surface area contributed by atoms with Crippen LogP contribution in [0.25, 0.3) is 0 Å². The third kappa shape index (κ3) is 4.88. The Morgan fingerprint density at radius 2 is 2.03 bits per heavy atom. The fourth-order valence-corrected chi connectivity index (χ4v) is 4.23. The molecule has 0 atom stereocenters. The molecule has 3 aromatic rings. The fraction of sp³-hybridized carbons (Fsp3) is 0.286. The smallest absolute Gasteiger partial charge is 0.387 e. The number of ether oxygens (including phenoxy) is 1. The molecule has 11 heteroatoms. The number of nitrogens with one attached hydrogen (secondary N) is 2. The molecule has 0 unspecified atom stereocenters. The molecule has 1 aromatic carbocycles. The normalized spacial score (nSPS) is 13.4. The van der Waals surface area contributed by atoms with Crippen LogP contribution in [0.2, 0.25) is 0 Å². The molecule has 4 N–H and O–H groups in total. The van der Waals surface area contributed by atoms with Crippen molar-refractivity contribution in [2.45, 2.75) is 26.4 Å². The van der Waals surface area contributed by atoms with Gasteiger partial charge in [0, 0.05) is 36.6 Å². The van der Waals surface area contributed by atoms with E-state index in [1.807, 2.05) is 6.07 Å². The Labute approximate surface area is 187 Å². The largest absolute Gasteiger partial charge is 0.433 e. The number of hydrogen-bond donors (Lipinski definition) is 3. The zero-order chi connectivity index (χ0) is 22.7. The van der Waals surface area contributed by atoms with E-state index >= 15 is 0 Å². The van der Waals surface area contributed by atoms with Gasteiger partial charge in [-0.05, 0) is 43.3 Å². The van der Waals surface area contributed by atoms with Gasteiger partial charge in [0.1, 0.15) is 10.8 Å². The zero-order valence-corrected chi connectivity index (χ0v) is 18.1. The molecule has 4 rings (SSSR count). The average molecular weight is 461 g/mol. The Morgan fingerprint density at radius 1 is 1.25 bits per heavy atom. The maximum atomic E-state index is 13.0. The standard InChI is InChI=1S/C21H22F2N6O2S/c1-12-11-25-21(28-18(12)27-19-14(17(24)30)6-9-32-19)26-15-5-4-13(29-7-2-3-8-29)10-16(15)31-20(22)23/h4-6,9-11,20H,2-3,7-8H2,1H3,(H2,24,30)(H2,25,26,27,28). The van der Waals surface area contributed by atoms with E-state index in [-0.39, 0.29) is 11.7 Å².